The van der Waals surface area contributed by atoms with E-state index < -0.39 is 5.54 Å². The number of urea groups is 1. The summed E-state index contributed by atoms with van der Waals surface area (Å²) < 4.78 is 0. The minimum atomic E-state index is -0.508. The summed E-state index contributed by atoms with van der Waals surface area (Å²) in [5.74, 6) is 0. The van der Waals surface area contributed by atoms with E-state index in [9.17, 15) is 9.90 Å². The fourth-order valence-electron chi connectivity index (χ4n) is 1.89. The molecule has 1 atom stereocenters. The molecule has 1 aromatic carbocycles. The molecule has 0 spiro atoms. The summed E-state index contributed by atoms with van der Waals surface area (Å²) in [6.45, 7) is 2.93. The van der Waals surface area contributed by atoms with E-state index >= 15 is 0 Å². The maximum atomic E-state index is 11.7. The predicted octanol–water partition coefficient (Wildman–Crippen LogP) is 0.963. The van der Waals surface area contributed by atoms with E-state index in [1.54, 1.807) is 4.90 Å². The molecule has 16 heavy (non-hydrogen) atoms. The summed E-state index contributed by atoms with van der Waals surface area (Å²) in [5, 5.41) is 12.0. The lowest BCUT2D eigenvalue weighted by Gasteiger charge is -2.20. The number of amides is 2. The molecule has 4 nitrogen and oxygen atoms in total. The van der Waals surface area contributed by atoms with Gasteiger partial charge in [-0.05, 0) is 12.5 Å². The van der Waals surface area contributed by atoms with Crippen LogP contribution in [-0.4, -0.2) is 34.7 Å². The second-order valence-corrected chi connectivity index (χ2v) is 4.49. The highest BCUT2D eigenvalue weighted by Gasteiger charge is 2.37. The fraction of sp³-hybridized carbons (Fsp3) is 0.417. The normalized spacial score (nSPS) is 24.6. The van der Waals surface area contributed by atoms with Gasteiger partial charge in [0.05, 0.1) is 12.1 Å². The van der Waals surface area contributed by atoms with Crippen LogP contribution in [0.4, 0.5) is 4.79 Å². The van der Waals surface area contributed by atoms with Crippen LogP contribution in [-0.2, 0) is 6.54 Å². The lowest BCUT2D eigenvalue weighted by molar-refractivity contribution is 0.190. The average molecular weight is 220 g/mol. The van der Waals surface area contributed by atoms with Gasteiger partial charge in [0.15, 0.2) is 0 Å². The summed E-state index contributed by atoms with van der Waals surface area (Å²) >= 11 is 0. The van der Waals surface area contributed by atoms with E-state index in [1.165, 1.54) is 0 Å². The quantitative estimate of drug-likeness (QED) is 0.797. The van der Waals surface area contributed by atoms with Gasteiger partial charge < -0.3 is 15.3 Å². The molecule has 0 unspecified atom stereocenters. The van der Waals surface area contributed by atoms with Crippen molar-refractivity contribution in [2.45, 2.75) is 19.0 Å². The number of rotatable bonds is 3. The van der Waals surface area contributed by atoms with Crippen molar-refractivity contribution >= 4 is 6.03 Å². The molecule has 86 valence electrons. The van der Waals surface area contributed by atoms with Gasteiger partial charge in [-0.15, -0.1) is 0 Å². The Morgan fingerprint density at radius 1 is 1.44 bits per heavy atom. The number of carbonyl (C=O) groups is 1. The zero-order valence-electron chi connectivity index (χ0n) is 9.31. The first-order chi connectivity index (χ1) is 7.63. The highest BCUT2D eigenvalue weighted by Crippen LogP contribution is 2.17. The third-order valence-corrected chi connectivity index (χ3v) is 2.80. The van der Waals surface area contributed by atoms with E-state index in [1.807, 2.05) is 37.3 Å². The van der Waals surface area contributed by atoms with Crippen molar-refractivity contribution in [1.82, 2.24) is 10.2 Å². The second kappa shape index (κ2) is 4.14. The lowest BCUT2D eigenvalue weighted by atomic mass is 10.1. The zero-order valence-corrected chi connectivity index (χ0v) is 9.31. The predicted molar refractivity (Wildman–Crippen MR) is 60.9 cm³/mol. The number of hydrogen-bond donors (Lipinski definition) is 2. The Bertz CT molecular complexity index is 380. The Morgan fingerprint density at radius 2 is 2.12 bits per heavy atom. The first-order valence-corrected chi connectivity index (χ1v) is 5.35. The molecule has 0 aromatic heterocycles. The van der Waals surface area contributed by atoms with Gasteiger partial charge >= 0.3 is 6.03 Å². The number of carbonyl (C=O) groups excluding carboxylic acids is 1. The topological polar surface area (TPSA) is 52.6 Å². The molecule has 1 aliphatic heterocycles. The Hall–Kier alpha value is -1.55. The number of nitrogens with one attached hydrogen (secondary N) is 1. The van der Waals surface area contributed by atoms with Crippen LogP contribution in [0.25, 0.3) is 0 Å². The molecule has 2 amide bonds. The van der Waals surface area contributed by atoms with E-state index in [4.69, 9.17) is 0 Å². The zero-order chi connectivity index (χ0) is 11.6. The standard InChI is InChI=1S/C12H16N2O2/c1-12(9-15)8-14(11(16)13-12)7-10-5-3-2-4-6-10/h2-6,15H,7-9H2,1H3,(H,13,16)/t12-/m1/s1. The van der Waals surface area contributed by atoms with E-state index in [-0.39, 0.29) is 12.6 Å². The van der Waals surface area contributed by atoms with Crippen molar-refractivity contribution in [3.63, 3.8) is 0 Å². The van der Waals surface area contributed by atoms with Crippen molar-refractivity contribution in [3.8, 4) is 0 Å². The van der Waals surface area contributed by atoms with Crippen LogP contribution in [0, 0.1) is 0 Å². The first kappa shape index (κ1) is 11.0. The maximum absolute atomic E-state index is 11.7. The molecule has 0 bridgehead atoms. The largest absolute Gasteiger partial charge is 0.394 e. The molecule has 1 fully saturated rings. The number of nitrogens with zero attached hydrogens (tertiary/aromatic N) is 1. The van der Waals surface area contributed by atoms with Crippen LogP contribution in [0.3, 0.4) is 0 Å². The smallest absolute Gasteiger partial charge is 0.318 e. The SMILES string of the molecule is C[C@]1(CO)CN(Cc2ccccc2)C(=O)N1. The molecule has 2 rings (SSSR count). The molecule has 1 heterocycles. The Kier molecular flexibility index (Phi) is 2.83. The molecule has 1 saturated heterocycles. The third-order valence-electron chi connectivity index (χ3n) is 2.80. The monoisotopic (exact) mass is 220 g/mol. The Labute approximate surface area is 94.9 Å². The first-order valence-electron chi connectivity index (χ1n) is 5.35. The molecule has 1 aromatic rings. The van der Waals surface area contributed by atoms with Gasteiger partial charge in [0.2, 0.25) is 0 Å². The van der Waals surface area contributed by atoms with Crippen molar-refractivity contribution in [3.05, 3.63) is 35.9 Å². The summed E-state index contributed by atoms with van der Waals surface area (Å²) in [4.78, 5) is 13.4. The van der Waals surface area contributed by atoms with E-state index in [2.05, 4.69) is 5.32 Å². The van der Waals surface area contributed by atoms with Crippen LogP contribution in [0.15, 0.2) is 30.3 Å². The molecule has 0 saturated carbocycles. The number of benzene rings is 1. The highest BCUT2D eigenvalue weighted by atomic mass is 16.3. The van der Waals surface area contributed by atoms with Crippen molar-refractivity contribution < 1.29 is 9.90 Å². The van der Waals surface area contributed by atoms with Gasteiger partial charge in [0.25, 0.3) is 0 Å². The minimum Gasteiger partial charge on any atom is -0.394 e. The average Bonchev–Trinajstić information content (AvgIpc) is 2.57. The van der Waals surface area contributed by atoms with Crippen LogP contribution < -0.4 is 5.32 Å². The van der Waals surface area contributed by atoms with E-state index in [0.717, 1.165) is 5.56 Å². The summed E-state index contributed by atoms with van der Waals surface area (Å²) in [6, 6.07) is 9.72. The molecule has 2 N–H and O–H groups in total. The molecule has 0 radical (unpaired) electrons. The molecular weight excluding hydrogens is 204 g/mol. The molecule has 1 aliphatic rings. The summed E-state index contributed by atoms with van der Waals surface area (Å²) in [6.07, 6.45) is 0. The fourth-order valence-corrected chi connectivity index (χ4v) is 1.89. The van der Waals surface area contributed by atoms with Crippen molar-refractivity contribution in [1.29, 1.82) is 0 Å². The van der Waals surface area contributed by atoms with Gasteiger partial charge in [0, 0.05) is 13.1 Å². The molecule has 4 heteroatoms. The maximum Gasteiger partial charge on any atom is 0.318 e. The molecular formula is C12H16N2O2. The van der Waals surface area contributed by atoms with Gasteiger partial charge in [0.1, 0.15) is 0 Å². The minimum absolute atomic E-state index is 0.0377. The number of hydrogen-bond acceptors (Lipinski definition) is 2. The van der Waals surface area contributed by atoms with Gasteiger partial charge in [-0.1, -0.05) is 30.3 Å². The van der Waals surface area contributed by atoms with Crippen molar-refractivity contribution in [2.24, 2.45) is 0 Å². The summed E-state index contributed by atoms with van der Waals surface area (Å²) in [7, 11) is 0. The highest BCUT2D eigenvalue weighted by molar-refractivity contribution is 5.77. The van der Waals surface area contributed by atoms with Gasteiger partial charge in [-0.2, -0.15) is 0 Å². The van der Waals surface area contributed by atoms with Crippen molar-refractivity contribution in [2.75, 3.05) is 13.2 Å². The Balaban J connectivity index is 2.05. The summed E-state index contributed by atoms with van der Waals surface area (Å²) in [5.41, 5.74) is 0.589. The van der Waals surface area contributed by atoms with Crippen LogP contribution in [0.5, 0.6) is 0 Å². The van der Waals surface area contributed by atoms with Crippen LogP contribution >= 0.6 is 0 Å². The van der Waals surface area contributed by atoms with Gasteiger partial charge in [-0.3, -0.25) is 0 Å². The lowest BCUT2D eigenvalue weighted by Crippen LogP contribution is -2.43. The van der Waals surface area contributed by atoms with Crippen LogP contribution in [0.1, 0.15) is 12.5 Å². The second-order valence-electron chi connectivity index (χ2n) is 4.49. The number of aliphatic hydroxyl groups excluding tert-OH is 1. The van der Waals surface area contributed by atoms with Gasteiger partial charge in [-0.25, -0.2) is 4.79 Å². The van der Waals surface area contributed by atoms with Crippen LogP contribution in [0.2, 0.25) is 0 Å². The Morgan fingerprint density at radius 3 is 2.69 bits per heavy atom. The molecule has 0 aliphatic carbocycles. The van der Waals surface area contributed by atoms with E-state index in [0.29, 0.717) is 13.1 Å². The number of aliphatic hydroxyl groups is 1. The third kappa shape index (κ3) is 2.17.